The zero-order valence-electron chi connectivity index (χ0n) is 13.2. The van der Waals surface area contributed by atoms with Crippen LogP contribution in [0, 0.1) is 5.82 Å². The Morgan fingerprint density at radius 3 is 2.67 bits per heavy atom. The minimum absolute atomic E-state index is 0.344. The summed E-state index contributed by atoms with van der Waals surface area (Å²) in [5, 5.41) is 6.34. The highest BCUT2D eigenvalue weighted by Gasteiger charge is 2.18. The summed E-state index contributed by atoms with van der Waals surface area (Å²) in [6.07, 6.45) is 2.60. The number of halogens is 1. The second-order valence-electron chi connectivity index (χ2n) is 5.55. The van der Waals surface area contributed by atoms with E-state index in [2.05, 4.69) is 10.1 Å². The summed E-state index contributed by atoms with van der Waals surface area (Å²) in [5.41, 5.74) is 1.98. The molecule has 4 nitrogen and oxygen atoms in total. The van der Waals surface area contributed by atoms with E-state index in [1.54, 1.807) is 24.4 Å². The van der Waals surface area contributed by atoms with E-state index in [-0.39, 0.29) is 5.82 Å². The Hall–Kier alpha value is -2.95. The van der Waals surface area contributed by atoms with E-state index in [1.165, 1.54) is 10.7 Å². The molecule has 5 heteroatoms. The maximum Gasteiger partial charge on any atom is 0.226 e. The maximum atomic E-state index is 14.3. The van der Waals surface area contributed by atoms with Gasteiger partial charge in [0.2, 0.25) is 5.88 Å². The SMILES string of the molecule is CCCOc1c2cnc3ccccc3c2nn1-c1ccccc1F. The number of pyridine rings is 1. The lowest BCUT2D eigenvalue weighted by atomic mass is 10.2. The first-order valence-corrected chi connectivity index (χ1v) is 7.93. The lowest BCUT2D eigenvalue weighted by Gasteiger charge is -2.09. The van der Waals surface area contributed by atoms with Gasteiger partial charge in [-0.2, -0.15) is 9.78 Å². The Labute approximate surface area is 138 Å². The first-order chi connectivity index (χ1) is 11.8. The molecule has 0 radical (unpaired) electrons. The van der Waals surface area contributed by atoms with Crippen molar-refractivity contribution in [2.75, 3.05) is 6.61 Å². The van der Waals surface area contributed by atoms with Crippen molar-refractivity contribution in [2.24, 2.45) is 0 Å². The summed E-state index contributed by atoms with van der Waals surface area (Å²) in [6, 6.07) is 14.3. The maximum absolute atomic E-state index is 14.3. The van der Waals surface area contributed by atoms with Gasteiger partial charge in [0.25, 0.3) is 0 Å². The van der Waals surface area contributed by atoms with Gasteiger partial charge < -0.3 is 4.74 Å². The van der Waals surface area contributed by atoms with Crippen molar-refractivity contribution in [1.82, 2.24) is 14.8 Å². The summed E-state index contributed by atoms with van der Waals surface area (Å²) in [4.78, 5) is 4.48. The first-order valence-electron chi connectivity index (χ1n) is 7.93. The molecule has 2 heterocycles. The second kappa shape index (κ2) is 5.92. The Morgan fingerprint density at radius 1 is 1.04 bits per heavy atom. The summed E-state index contributed by atoms with van der Waals surface area (Å²) in [6.45, 7) is 2.56. The Morgan fingerprint density at radius 2 is 1.83 bits per heavy atom. The molecule has 0 aliphatic heterocycles. The van der Waals surface area contributed by atoms with E-state index in [1.807, 2.05) is 31.2 Å². The minimum atomic E-state index is -0.344. The molecule has 0 atom stereocenters. The van der Waals surface area contributed by atoms with E-state index >= 15 is 0 Å². The van der Waals surface area contributed by atoms with Gasteiger partial charge in [-0.25, -0.2) is 4.39 Å². The molecule has 0 N–H and O–H groups in total. The molecule has 0 saturated heterocycles. The van der Waals surface area contributed by atoms with Crippen LogP contribution in [0.3, 0.4) is 0 Å². The summed E-state index contributed by atoms with van der Waals surface area (Å²) in [5.74, 6) is 0.180. The fourth-order valence-corrected chi connectivity index (χ4v) is 2.77. The number of ether oxygens (including phenoxy) is 1. The monoisotopic (exact) mass is 321 g/mol. The van der Waals surface area contributed by atoms with E-state index in [4.69, 9.17) is 4.74 Å². The van der Waals surface area contributed by atoms with Crippen molar-refractivity contribution in [1.29, 1.82) is 0 Å². The van der Waals surface area contributed by atoms with Crippen molar-refractivity contribution < 1.29 is 9.13 Å². The van der Waals surface area contributed by atoms with Crippen LogP contribution < -0.4 is 4.74 Å². The number of para-hydroxylation sites is 2. The molecule has 4 rings (SSSR count). The average Bonchev–Trinajstić information content (AvgIpc) is 2.99. The highest BCUT2D eigenvalue weighted by molar-refractivity contribution is 6.05. The zero-order valence-corrected chi connectivity index (χ0v) is 13.2. The molecule has 0 unspecified atom stereocenters. The predicted octanol–water partition coefficient (Wildman–Crippen LogP) is 4.50. The van der Waals surface area contributed by atoms with Crippen LogP contribution in [0.1, 0.15) is 13.3 Å². The van der Waals surface area contributed by atoms with Crippen molar-refractivity contribution in [3.8, 4) is 11.6 Å². The number of benzene rings is 2. The third-order valence-corrected chi connectivity index (χ3v) is 3.89. The number of aromatic nitrogens is 3. The standard InChI is InChI=1S/C19H16FN3O/c1-2-11-24-19-14-12-21-16-9-5-3-7-13(16)18(14)22-23(19)17-10-6-4-8-15(17)20/h3-10,12H,2,11H2,1H3. The molecule has 2 aromatic heterocycles. The van der Waals surface area contributed by atoms with Gasteiger partial charge in [-0.1, -0.05) is 37.3 Å². The molecule has 0 spiro atoms. The van der Waals surface area contributed by atoms with Crippen LogP contribution in [0.2, 0.25) is 0 Å². The van der Waals surface area contributed by atoms with Crippen LogP contribution in [0.5, 0.6) is 5.88 Å². The molecule has 0 bridgehead atoms. The smallest absolute Gasteiger partial charge is 0.226 e. The molecule has 120 valence electrons. The second-order valence-corrected chi connectivity index (χ2v) is 5.55. The summed E-state index contributed by atoms with van der Waals surface area (Å²) < 4.78 is 21.7. The van der Waals surface area contributed by atoms with Crippen LogP contribution in [-0.4, -0.2) is 21.4 Å². The molecule has 0 fully saturated rings. The molecule has 0 aliphatic carbocycles. The van der Waals surface area contributed by atoms with Crippen LogP contribution in [-0.2, 0) is 0 Å². The minimum Gasteiger partial charge on any atom is -0.477 e. The quantitative estimate of drug-likeness (QED) is 0.555. The van der Waals surface area contributed by atoms with E-state index in [9.17, 15) is 4.39 Å². The van der Waals surface area contributed by atoms with Crippen LogP contribution in [0.4, 0.5) is 4.39 Å². The molecule has 24 heavy (non-hydrogen) atoms. The lowest BCUT2D eigenvalue weighted by molar-refractivity contribution is 0.298. The third-order valence-electron chi connectivity index (χ3n) is 3.89. The highest BCUT2D eigenvalue weighted by Crippen LogP contribution is 2.33. The van der Waals surface area contributed by atoms with E-state index in [0.29, 0.717) is 18.2 Å². The molecule has 2 aromatic carbocycles. The van der Waals surface area contributed by atoms with Crippen molar-refractivity contribution >= 4 is 21.8 Å². The van der Waals surface area contributed by atoms with Gasteiger partial charge in [-0.05, 0) is 24.6 Å². The first kappa shape index (κ1) is 14.6. The fraction of sp³-hybridized carbons (Fsp3) is 0.158. The van der Waals surface area contributed by atoms with Crippen molar-refractivity contribution in [2.45, 2.75) is 13.3 Å². The Balaban J connectivity index is 2.04. The van der Waals surface area contributed by atoms with Crippen molar-refractivity contribution in [3.05, 3.63) is 60.5 Å². The molecule has 0 aliphatic rings. The van der Waals surface area contributed by atoms with Gasteiger partial charge in [0, 0.05) is 11.6 Å². The zero-order chi connectivity index (χ0) is 16.5. The lowest BCUT2D eigenvalue weighted by Crippen LogP contribution is -2.05. The van der Waals surface area contributed by atoms with Crippen LogP contribution in [0.25, 0.3) is 27.5 Å². The number of hydrogen-bond donors (Lipinski definition) is 0. The predicted molar refractivity (Wildman–Crippen MR) is 92.1 cm³/mol. The van der Waals surface area contributed by atoms with Gasteiger partial charge in [-0.15, -0.1) is 0 Å². The van der Waals surface area contributed by atoms with Crippen LogP contribution >= 0.6 is 0 Å². The number of fused-ring (bicyclic) bond motifs is 3. The fourth-order valence-electron chi connectivity index (χ4n) is 2.77. The Bertz CT molecular complexity index is 1030. The van der Waals surface area contributed by atoms with E-state index in [0.717, 1.165) is 28.2 Å². The van der Waals surface area contributed by atoms with Gasteiger partial charge in [0.1, 0.15) is 17.0 Å². The highest BCUT2D eigenvalue weighted by atomic mass is 19.1. The average molecular weight is 321 g/mol. The van der Waals surface area contributed by atoms with Gasteiger partial charge >= 0.3 is 0 Å². The normalized spacial score (nSPS) is 11.2. The molecule has 0 saturated carbocycles. The summed E-state index contributed by atoms with van der Waals surface area (Å²) in [7, 11) is 0. The number of hydrogen-bond acceptors (Lipinski definition) is 3. The Kier molecular flexibility index (Phi) is 3.61. The molecular weight excluding hydrogens is 305 g/mol. The van der Waals surface area contributed by atoms with Gasteiger partial charge in [0.15, 0.2) is 0 Å². The van der Waals surface area contributed by atoms with E-state index < -0.39 is 0 Å². The number of rotatable bonds is 4. The third kappa shape index (κ3) is 2.29. The largest absolute Gasteiger partial charge is 0.477 e. The van der Waals surface area contributed by atoms with Gasteiger partial charge in [-0.3, -0.25) is 4.98 Å². The molecule has 0 amide bonds. The number of nitrogens with zero attached hydrogens (tertiary/aromatic N) is 3. The molecule has 4 aromatic rings. The summed E-state index contributed by atoms with van der Waals surface area (Å²) >= 11 is 0. The molecular formula is C19H16FN3O. The van der Waals surface area contributed by atoms with Gasteiger partial charge in [0.05, 0.1) is 17.5 Å². The van der Waals surface area contributed by atoms with Crippen molar-refractivity contribution in [3.63, 3.8) is 0 Å². The van der Waals surface area contributed by atoms with Crippen LogP contribution in [0.15, 0.2) is 54.7 Å². The topological polar surface area (TPSA) is 39.9 Å².